The summed E-state index contributed by atoms with van der Waals surface area (Å²) in [6.45, 7) is 3.67. The molecule has 1 N–H and O–H groups in total. The minimum absolute atomic E-state index is 0.0365. The largest absolute Gasteiger partial charge is 0.332 e. The predicted molar refractivity (Wildman–Crippen MR) is 42.1 cm³/mol. The van der Waals surface area contributed by atoms with E-state index in [1.807, 2.05) is 6.92 Å². The Labute approximate surface area is 70.9 Å². The maximum absolute atomic E-state index is 11.4. The SMILES string of the molecule is CC1C(=O)NC2(C)CCC(=O)N12. The van der Waals surface area contributed by atoms with Crippen molar-refractivity contribution in [1.82, 2.24) is 10.2 Å². The van der Waals surface area contributed by atoms with E-state index in [0.717, 1.165) is 6.42 Å². The van der Waals surface area contributed by atoms with Gasteiger partial charge in [0, 0.05) is 6.42 Å². The van der Waals surface area contributed by atoms with Crippen molar-refractivity contribution in [3.63, 3.8) is 0 Å². The Kier molecular flexibility index (Phi) is 1.26. The van der Waals surface area contributed by atoms with Crippen LogP contribution in [0.3, 0.4) is 0 Å². The van der Waals surface area contributed by atoms with Gasteiger partial charge in [0.15, 0.2) is 0 Å². The van der Waals surface area contributed by atoms with Crippen LogP contribution in [0, 0.1) is 0 Å². The Morgan fingerprint density at radius 3 is 2.83 bits per heavy atom. The molecule has 0 aromatic carbocycles. The van der Waals surface area contributed by atoms with E-state index >= 15 is 0 Å². The van der Waals surface area contributed by atoms with Gasteiger partial charge < -0.3 is 10.2 Å². The summed E-state index contributed by atoms with van der Waals surface area (Å²) in [5.41, 5.74) is -0.395. The van der Waals surface area contributed by atoms with E-state index in [-0.39, 0.29) is 17.9 Å². The van der Waals surface area contributed by atoms with E-state index in [2.05, 4.69) is 5.32 Å². The monoisotopic (exact) mass is 168 g/mol. The van der Waals surface area contributed by atoms with Gasteiger partial charge in [0.2, 0.25) is 11.8 Å². The molecule has 0 aliphatic carbocycles. The van der Waals surface area contributed by atoms with Crippen LogP contribution in [-0.4, -0.2) is 28.4 Å². The zero-order valence-electron chi connectivity index (χ0n) is 7.26. The highest BCUT2D eigenvalue weighted by atomic mass is 16.2. The molecular weight excluding hydrogens is 156 g/mol. The van der Waals surface area contributed by atoms with Crippen LogP contribution in [0.4, 0.5) is 0 Å². The third-order valence-electron chi connectivity index (χ3n) is 2.79. The first-order valence-electron chi connectivity index (χ1n) is 4.19. The van der Waals surface area contributed by atoms with Crippen molar-refractivity contribution in [2.24, 2.45) is 0 Å². The Hall–Kier alpha value is -1.06. The minimum Gasteiger partial charge on any atom is -0.332 e. The summed E-state index contributed by atoms with van der Waals surface area (Å²) in [4.78, 5) is 24.2. The molecule has 0 bridgehead atoms. The lowest BCUT2D eigenvalue weighted by Gasteiger charge is -2.27. The van der Waals surface area contributed by atoms with Crippen molar-refractivity contribution < 1.29 is 9.59 Å². The van der Waals surface area contributed by atoms with Gasteiger partial charge in [0.25, 0.3) is 0 Å². The smallest absolute Gasteiger partial charge is 0.244 e. The van der Waals surface area contributed by atoms with Gasteiger partial charge in [-0.05, 0) is 20.3 Å². The molecule has 12 heavy (non-hydrogen) atoms. The molecular formula is C8H12N2O2. The first kappa shape index (κ1) is 7.58. The van der Waals surface area contributed by atoms with Crippen LogP contribution in [0.2, 0.25) is 0 Å². The average molecular weight is 168 g/mol. The van der Waals surface area contributed by atoms with Crippen molar-refractivity contribution in [1.29, 1.82) is 0 Å². The van der Waals surface area contributed by atoms with Crippen LogP contribution < -0.4 is 5.32 Å². The Balaban J connectivity index is 2.37. The molecule has 0 saturated carbocycles. The fraction of sp³-hybridized carbons (Fsp3) is 0.750. The number of hydrogen-bond acceptors (Lipinski definition) is 2. The van der Waals surface area contributed by atoms with Gasteiger partial charge in [-0.25, -0.2) is 0 Å². The summed E-state index contributed by atoms with van der Waals surface area (Å²) < 4.78 is 0. The van der Waals surface area contributed by atoms with Crippen molar-refractivity contribution in [2.75, 3.05) is 0 Å². The summed E-state index contributed by atoms with van der Waals surface area (Å²) in [6.07, 6.45) is 1.29. The number of fused-ring (bicyclic) bond motifs is 1. The molecule has 0 spiro atoms. The number of carbonyl (C=O) groups excluding carboxylic acids is 2. The van der Waals surface area contributed by atoms with Gasteiger partial charge in [0.05, 0.1) is 0 Å². The van der Waals surface area contributed by atoms with Gasteiger partial charge in [-0.2, -0.15) is 0 Å². The fourth-order valence-electron chi connectivity index (χ4n) is 2.12. The molecule has 2 rings (SSSR count). The molecule has 2 aliphatic heterocycles. The minimum atomic E-state index is -0.395. The number of nitrogens with one attached hydrogen (secondary N) is 1. The summed E-state index contributed by atoms with van der Waals surface area (Å²) in [6, 6.07) is -0.287. The van der Waals surface area contributed by atoms with Crippen LogP contribution in [0.5, 0.6) is 0 Å². The van der Waals surface area contributed by atoms with Crippen molar-refractivity contribution in [3.8, 4) is 0 Å². The molecule has 2 heterocycles. The summed E-state index contributed by atoms with van der Waals surface area (Å²) in [7, 11) is 0. The summed E-state index contributed by atoms with van der Waals surface area (Å²) >= 11 is 0. The Bertz CT molecular complexity index is 264. The van der Waals surface area contributed by atoms with Crippen LogP contribution >= 0.6 is 0 Å². The molecule has 2 atom stereocenters. The summed E-state index contributed by atoms with van der Waals surface area (Å²) in [5, 5.41) is 2.84. The van der Waals surface area contributed by atoms with Gasteiger partial charge in [0.1, 0.15) is 11.7 Å². The van der Waals surface area contributed by atoms with E-state index in [1.54, 1.807) is 11.8 Å². The lowest BCUT2D eigenvalue weighted by atomic mass is 10.1. The number of rotatable bonds is 0. The van der Waals surface area contributed by atoms with E-state index in [0.29, 0.717) is 6.42 Å². The Morgan fingerprint density at radius 1 is 1.58 bits per heavy atom. The lowest BCUT2D eigenvalue weighted by molar-refractivity contribution is -0.133. The second-order valence-electron chi connectivity index (χ2n) is 3.70. The average Bonchev–Trinajstić information content (AvgIpc) is 2.36. The molecule has 2 aliphatic rings. The van der Waals surface area contributed by atoms with Crippen molar-refractivity contribution in [3.05, 3.63) is 0 Å². The number of nitrogens with zero attached hydrogens (tertiary/aromatic N) is 1. The molecule has 0 aromatic rings. The molecule has 0 aromatic heterocycles. The van der Waals surface area contributed by atoms with Gasteiger partial charge >= 0.3 is 0 Å². The fourth-order valence-corrected chi connectivity index (χ4v) is 2.12. The maximum Gasteiger partial charge on any atom is 0.244 e. The standard InChI is InChI=1S/C8H12N2O2/c1-5-7(12)9-8(2)4-3-6(11)10(5)8/h5H,3-4H2,1-2H3,(H,9,12). The maximum atomic E-state index is 11.4. The predicted octanol–water partition coefficient (Wildman–Crippen LogP) is -0.157. The van der Waals surface area contributed by atoms with Crippen LogP contribution in [-0.2, 0) is 9.59 Å². The van der Waals surface area contributed by atoms with E-state index < -0.39 is 5.66 Å². The zero-order valence-corrected chi connectivity index (χ0v) is 7.26. The highest BCUT2D eigenvalue weighted by molar-refractivity contribution is 5.93. The third kappa shape index (κ3) is 0.722. The molecule has 0 radical (unpaired) electrons. The van der Waals surface area contributed by atoms with E-state index in [9.17, 15) is 9.59 Å². The van der Waals surface area contributed by atoms with Crippen LogP contribution in [0.1, 0.15) is 26.7 Å². The van der Waals surface area contributed by atoms with Gasteiger partial charge in [-0.15, -0.1) is 0 Å². The second-order valence-corrected chi connectivity index (χ2v) is 3.70. The topological polar surface area (TPSA) is 49.4 Å². The lowest BCUT2D eigenvalue weighted by Crippen LogP contribution is -2.46. The number of carbonyl (C=O) groups is 2. The number of amides is 2. The highest BCUT2D eigenvalue weighted by Crippen LogP contribution is 2.33. The first-order valence-corrected chi connectivity index (χ1v) is 4.19. The molecule has 4 nitrogen and oxygen atoms in total. The number of hydrogen-bond donors (Lipinski definition) is 1. The zero-order chi connectivity index (χ0) is 8.93. The quantitative estimate of drug-likeness (QED) is 0.546. The Morgan fingerprint density at radius 2 is 2.25 bits per heavy atom. The van der Waals surface area contributed by atoms with Crippen LogP contribution in [0.15, 0.2) is 0 Å². The molecule has 2 saturated heterocycles. The molecule has 2 unspecified atom stereocenters. The first-order chi connectivity index (χ1) is 5.54. The van der Waals surface area contributed by atoms with Crippen molar-refractivity contribution >= 4 is 11.8 Å². The second kappa shape index (κ2) is 2.00. The van der Waals surface area contributed by atoms with Crippen molar-refractivity contribution in [2.45, 2.75) is 38.4 Å². The highest BCUT2D eigenvalue weighted by Gasteiger charge is 2.52. The van der Waals surface area contributed by atoms with E-state index in [4.69, 9.17) is 0 Å². The van der Waals surface area contributed by atoms with Gasteiger partial charge in [-0.1, -0.05) is 0 Å². The molecule has 66 valence electrons. The summed E-state index contributed by atoms with van der Waals surface area (Å²) in [5.74, 6) is 0.0499. The third-order valence-corrected chi connectivity index (χ3v) is 2.79. The molecule has 2 amide bonds. The van der Waals surface area contributed by atoms with Gasteiger partial charge in [-0.3, -0.25) is 9.59 Å². The van der Waals surface area contributed by atoms with Crippen LogP contribution in [0.25, 0.3) is 0 Å². The normalized spacial score (nSPS) is 40.2. The molecule has 4 heteroatoms. The molecule has 2 fully saturated rings. The van der Waals surface area contributed by atoms with E-state index in [1.165, 1.54) is 0 Å².